The van der Waals surface area contributed by atoms with Crippen molar-refractivity contribution in [3.8, 4) is 0 Å². The summed E-state index contributed by atoms with van der Waals surface area (Å²) in [5, 5.41) is 1.15. The summed E-state index contributed by atoms with van der Waals surface area (Å²) >= 11 is 0. The molecule has 1 atom stereocenters. The number of rotatable bonds is 12. The lowest BCUT2D eigenvalue weighted by atomic mass is 10.0. The van der Waals surface area contributed by atoms with Gasteiger partial charge in [-0.3, -0.25) is 0 Å². The standard InChI is InChI=1S/C29H43N3O3SSi/c1-30-15-9-12-27(30)19-26-21-32(23-35-16-17-37(3,4)5)29-14-13-25(18-28(26)29)22-36(33,34)31(2)20-24-10-7-6-8-11-24/h6-8,10-11,13-14,18,21,27H,9,12,15-17,19-20,22-23H2,1-5H3/t27-/m1/s1. The van der Waals surface area contributed by atoms with E-state index in [0.29, 0.717) is 19.3 Å². The van der Waals surface area contributed by atoms with Gasteiger partial charge in [0.25, 0.3) is 0 Å². The minimum Gasteiger partial charge on any atom is -0.361 e. The average molecular weight is 542 g/mol. The summed E-state index contributed by atoms with van der Waals surface area (Å²) in [6.45, 7) is 9.91. The number of sulfonamides is 1. The number of nitrogens with zero attached hydrogens (tertiary/aromatic N) is 3. The molecule has 0 amide bonds. The third kappa shape index (κ3) is 7.54. The second kappa shape index (κ2) is 11.8. The molecule has 1 saturated heterocycles. The Morgan fingerprint density at radius 1 is 1.08 bits per heavy atom. The first kappa shape index (κ1) is 28.0. The van der Waals surface area contributed by atoms with Gasteiger partial charge < -0.3 is 14.2 Å². The Morgan fingerprint density at radius 2 is 1.84 bits per heavy atom. The fourth-order valence-corrected chi connectivity index (χ4v) is 6.99. The molecule has 8 heteroatoms. The molecule has 1 aliphatic rings. The number of benzene rings is 2. The highest BCUT2D eigenvalue weighted by molar-refractivity contribution is 7.88. The van der Waals surface area contributed by atoms with Crippen LogP contribution in [0.4, 0.5) is 0 Å². The van der Waals surface area contributed by atoms with Crippen LogP contribution in [0, 0.1) is 0 Å². The number of fused-ring (bicyclic) bond motifs is 1. The number of aromatic nitrogens is 1. The summed E-state index contributed by atoms with van der Waals surface area (Å²) in [5.74, 6) is -0.00701. The zero-order chi connectivity index (χ0) is 26.6. The SMILES string of the molecule is CN1CCC[C@@H]1Cc1cn(COCC[Si](C)(C)C)c2ccc(CS(=O)(=O)N(C)Cc3ccccc3)cc12. The highest BCUT2D eigenvalue weighted by Crippen LogP contribution is 2.29. The Balaban J connectivity index is 1.55. The Labute approximate surface area is 224 Å². The van der Waals surface area contributed by atoms with Crippen LogP contribution in [0.3, 0.4) is 0 Å². The van der Waals surface area contributed by atoms with Gasteiger partial charge in [-0.15, -0.1) is 0 Å². The molecule has 0 unspecified atom stereocenters. The number of hydrogen-bond acceptors (Lipinski definition) is 4. The third-order valence-electron chi connectivity index (χ3n) is 7.45. The molecule has 2 aromatic carbocycles. The molecule has 0 saturated carbocycles. The fourth-order valence-electron chi connectivity index (χ4n) is 5.07. The van der Waals surface area contributed by atoms with Gasteiger partial charge in [0.15, 0.2) is 0 Å². The maximum Gasteiger partial charge on any atom is 0.218 e. The van der Waals surface area contributed by atoms with Gasteiger partial charge in [0.05, 0.1) is 11.3 Å². The van der Waals surface area contributed by atoms with Crippen LogP contribution in [0.15, 0.2) is 54.7 Å². The van der Waals surface area contributed by atoms with Crippen molar-refractivity contribution in [2.45, 2.75) is 70.0 Å². The van der Waals surface area contributed by atoms with E-state index in [1.54, 1.807) is 7.05 Å². The Hall–Kier alpha value is -1.97. The van der Waals surface area contributed by atoms with E-state index in [1.165, 1.54) is 22.7 Å². The average Bonchev–Trinajstić information content (AvgIpc) is 3.39. The minimum atomic E-state index is -3.45. The molecule has 0 spiro atoms. The van der Waals surface area contributed by atoms with Crippen molar-refractivity contribution in [2.75, 3.05) is 27.2 Å². The van der Waals surface area contributed by atoms with Gasteiger partial charge in [-0.25, -0.2) is 12.7 Å². The normalized spacial score (nSPS) is 17.3. The van der Waals surface area contributed by atoms with Crippen LogP contribution in [0.5, 0.6) is 0 Å². The van der Waals surface area contributed by atoms with Gasteiger partial charge >= 0.3 is 0 Å². The molecular weight excluding hydrogens is 498 g/mol. The quantitative estimate of drug-likeness (QED) is 0.223. The molecule has 1 fully saturated rings. The second-order valence-corrected chi connectivity index (χ2v) is 19.5. The first-order valence-electron chi connectivity index (χ1n) is 13.4. The zero-order valence-electron chi connectivity index (χ0n) is 23.1. The van der Waals surface area contributed by atoms with Crippen molar-refractivity contribution in [3.63, 3.8) is 0 Å². The lowest BCUT2D eigenvalue weighted by Gasteiger charge is -2.19. The van der Waals surface area contributed by atoms with E-state index in [9.17, 15) is 8.42 Å². The predicted octanol–water partition coefficient (Wildman–Crippen LogP) is 5.55. The maximum absolute atomic E-state index is 13.2. The molecule has 0 N–H and O–H groups in total. The second-order valence-electron chi connectivity index (χ2n) is 11.8. The van der Waals surface area contributed by atoms with E-state index in [4.69, 9.17) is 4.74 Å². The van der Waals surface area contributed by atoms with Crippen molar-refractivity contribution in [1.29, 1.82) is 0 Å². The van der Waals surface area contributed by atoms with E-state index in [1.807, 2.05) is 36.4 Å². The van der Waals surface area contributed by atoms with Crippen molar-refractivity contribution in [2.24, 2.45) is 0 Å². The molecule has 1 aliphatic heterocycles. The molecule has 3 aromatic rings. The topological polar surface area (TPSA) is 54.8 Å². The lowest BCUT2D eigenvalue weighted by Crippen LogP contribution is -2.27. The van der Waals surface area contributed by atoms with Gasteiger partial charge in [-0.05, 0) is 67.7 Å². The minimum absolute atomic E-state index is 0.00701. The molecular formula is C29H43N3O3SSi. The number of likely N-dealkylation sites (N-methyl/N-ethyl adjacent to an activating group) is 1. The van der Waals surface area contributed by atoms with E-state index < -0.39 is 18.1 Å². The molecule has 2 heterocycles. The maximum atomic E-state index is 13.2. The number of hydrogen-bond donors (Lipinski definition) is 0. The summed E-state index contributed by atoms with van der Waals surface area (Å²) in [7, 11) is -0.725. The largest absolute Gasteiger partial charge is 0.361 e. The monoisotopic (exact) mass is 541 g/mol. The Morgan fingerprint density at radius 3 is 2.51 bits per heavy atom. The van der Waals surface area contributed by atoms with Gasteiger partial charge in [0.1, 0.15) is 6.73 Å². The van der Waals surface area contributed by atoms with Gasteiger partial charge in [-0.1, -0.05) is 56.0 Å². The van der Waals surface area contributed by atoms with Gasteiger partial charge in [-0.2, -0.15) is 0 Å². The molecule has 0 bridgehead atoms. The summed E-state index contributed by atoms with van der Waals surface area (Å²) in [6, 6.07) is 17.5. The summed E-state index contributed by atoms with van der Waals surface area (Å²) in [5.41, 5.74) is 4.20. The van der Waals surface area contributed by atoms with E-state index in [0.717, 1.165) is 47.6 Å². The van der Waals surface area contributed by atoms with Crippen LogP contribution < -0.4 is 0 Å². The highest BCUT2D eigenvalue weighted by atomic mass is 32.2. The zero-order valence-corrected chi connectivity index (χ0v) is 24.9. The Bertz CT molecular complexity index is 1280. The third-order valence-corrected chi connectivity index (χ3v) is 10.9. The van der Waals surface area contributed by atoms with Crippen molar-refractivity contribution >= 4 is 29.0 Å². The molecule has 4 rings (SSSR count). The molecule has 6 nitrogen and oxygen atoms in total. The molecule has 37 heavy (non-hydrogen) atoms. The highest BCUT2D eigenvalue weighted by Gasteiger charge is 2.24. The van der Waals surface area contributed by atoms with E-state index in [2.05, 4.69) is 54.5 Å². The van der Waals surface area contributed by atoms with Crippen molar-refractivity contribution in [1.82, 2.24) is 13.8 Å². The molecule has 202 valence electrons. The van der Waals surface area contributed by atoms with E-state index in [-0.39, 0.29) is 5.75 Å². The van der Waals surface area contributed by atoms with Crippen LogP contribution in [-0.2, 0) is 40.2 Å². The van der Waals surface area contributed by atoms with Crippen LogP contribution in [0.2, 0.25) is 25.7 Å². The summed E-state index contributed by atoms with van der Waals surface area (Å²) in [6.07, 6.45) is 5.63. The first-order chi connectivity index (χ1) is 17.5. The van der Waals surface area contributed by atoms with Crippen LogP contribution in [0.25, 0.3) is 10.9 Å². The van der Waals surface area contributed by atoms with Gasteiger partial charge in [0.2, 0.25) is 10.0 Å². The van der Waals surface area contributed by atoms with Crippen LogP contribution in [0.1, 0.15) is 29.5 Å². The lowest BCUT2D eigenvalue weighted by molar-refractivity contribution is 0.0901. The van der Waals surface area contributed by atoms with Crippen molar-refractivity contribution in [3.05, 3.63) is 71.4 Å². The van der Waals surface area contributed by atoms with Crippen LogP contribution in [-0.4, -0.2) is 63.6 Å². The molecule has 0 radical (unpaired) electrons. The fraction of sp³-hybridized carbons (Fsp3) is 0.517. The number of likely N-dealkylation sites (tertiary alicyclic amines) is 1. The molecule has 0 aliphatic carbocycles. The Kier molecular flexibility index (Phi) is 8.96. The van der Waals surface area contributed by atoms with Gasteiger partial charge in [0, 0.05) is 45.9 Å². The summed E-state index contributed by atoms with van der Waals surface area (Å²) < 4.78 is 36.2. The summed E-state index contributed by atoms with van der Waals surface area (Å²) in [4.78, 5) is 2.44. The molecule has 1 aromatic heterocycles. The first-order valence-corrected chi connectivity index (χ1v) is 18.7. The van der Waals surface area contributed by atoms with E-state index >= 15 is 0 Å². The predicted molar refractivity (Wildman–Crippen MR) is 156 cm³/mol. The number of ether oxygens (including phenoxy) is 1. The van der Waals surface area contributed by atoms with Crippen LogP contribution >= 0.6 is 0 Å². The van der Waals surface area contributed by atoms with Crippen molar-refractivity contribution < 1.29 is 13.2 Å². The smallest absolute Gasteiger partial charge is 0.218 e.